The van der Waals surface area contributed by atoms with Gasteiger partial charge in [0.2, 0.25) is 0 Å². The lowest BCUT2D eigenvalue weighted by Gasteiger charge is -2.16. The van der Waals surface area contributed by atoms with Crippen LogP contribution in [0, 0.1) is 0 Å². The number of methoxy groups -OCH3 is 2. The molecule has 1 rings (SSSR count). The van der Waals surface area contributed by atoms with Crippen LogP contribution in [0.15, 0.2) is 22.7 Å². The van der Waals surface area contributed by atoms with E-state index in [2.05, 4.69) is 21.2 Å². The normalized spacial score (nSPS) is 12.2. The summed E-state index contributed by atoms with van der Waals surface area (Å²) in [5, 5.41) is 12.0. The minimum Gasteiger partial charge on any atom is -0.478 e. The number of hydrogen-bond donors (Lipinski definition) is 2. The number of carboxylic acids is 1. The highest BCUT2D eigenvalue weighted by Crippen LogP contribution is 2.23. The number of carboxylic acid groups (broad SMARTS) is 1. The molecular weight excluding hydrogens is 302 g/mol. The minimum atomic E-state index is -0.948. The first-order chi connectivity index (χ1) is 8.58. The zero-order chi connectivity index (χ0) is 13.5. The Balaban J connectivity index is 2.65. The Morgan fingerprint density at radius 2 is 2.22 bits per heavy atom. The first-order valence-corrected chi connectivity index (χ1v) is 6.16. The Bertz CT molecular complexity index is 411. The molecule has 0 bridgehead atoms. The number of benzene rings is 1. The number of rotatable bonds is 7. The van der Waals surface area contributed by atoms with Crippen molar-refractivity contribution >= 4 is 27.6 Å². The number of aromatic carboxylic acids is 1. The van der Waals surface area contributed by atoms with Gasteiger partial charge in [-0.25, -0.2) is 4.79 Å². The third-order valence-electron chi connectivity index (χ3n) is 2.42. The highest BCUT2D eigenvalue weighted by molar-refractivity contribution is 9.10. The summed E-state index contributed by atoms with van der Waals surface area (Å²) >= 11 is 3.33. The summed E-state index contributed by atoms with van der Waals surface area (Å²) in [7, 11) is 3.23. The van der Waals surface area contributed by atoms with Gasteiger partial charge >= 0.3 is 5.97 Å². The molecule has 0 saturated heterocycles. The molecule has 5 nitrogen and oxygen atoms in total. The van der Waals surface area contributed by atoms with Crippen molar-refractivity contribution in [2.45, 2.75) is 6.10 Å². The zero-order valence-corrected chi connectivity index (χ0v) is 11.9. The van der Waals surface area contributed by atoms with Crippen LogP contribution in [0.3, 0.4) is 0 Å². The monoisotopic (exact) mass is 317 g/mol. The van der Waals surface area contributed by atoms with E-state index in [1.54, 1.807) is 32.4 Å². The van der Waals surface area contributed by atoms with Crippen LogP contribution in [0.2, 0.25) is 0 Å². The Labute approximate surface area is 114 Å². The van der Waals surface area contributed by atoms with Gasteiger partial charge in [0.25, 0.3) is 0 Å². The van der Waals surface area contributed by atoms with E-state index in [4.69, 9.17) is 14.6 Å². The van der Waals surface area contributed by atoms with Gasteiger partial charge in [0.05, 0.1) is 18.3 Å². The topological polar surface area (TPSA) is 67.8 Å². The second kappa shape index (κ2) is 7.35. The quantitative estimate of drug-likeness (QED) is 0.807. The summed E-state index contributed by atoms with van der Waals surface area (Å²) in [5.74, 6) is -0.948. The van der Waals surface area contributed by atoms with E-state index in [0.29, 0.717) is 17.6 Å². The molecule has 2 N–H and O–H groups in total. The molecule has 1 unspecified atom stereocenters. The van der Waals surface area contributed by atoms with E-state index in [1.165, 1.54) is 0 Å². The van der Waals surface area contributed by atoms with Crippen LogP contribution in [0.4, 0.5) is 5.69 Å². The number of ether oxygens (including phenoxy) is 2. The molecule has 0 fully saturated rings. The highest BCUT2D eigenvalue weighted by Gasteiger charge is 2.09. The van der Waals surface area contributed by atoms with E-state index in [-0.39, 0.29) is 11.7 Å². The lowest BCUT2D eigenvalue weighted by Crippen LogP contribution is -2.26. The van der Waals surface area contributed by atoms with Crippen LogP contribution < -0.4 is 5.32 Å². The summed E-state index contributed by atoms with van der Waals surface area (Å²) in [6.07, 6.45) is -0.0546. The summed E-state index contributed by atoms with van der Waals surface area (Å²) in [4.78, 5) is 10.8. The fourth-order valence-corrected chi connectivity index (χ4v) is 1.93. The molecule has 0 aliphatic rings. The van der Waals surface area contributed by atoms with Crippen molar-refractivity contribution in [1.82, 2.24) is 0 Å². The maximum Gasteiger partial charge on any atom is 0.335 e. The maximum absolute atomic E-state index is 10.8. The molecule has 1 aromatic carbocycles. The van der Waals surface area contributed by atoms with Crippen molar-refractivity contribution in [2.24, 2.45) is 0 Å². The largest absolute Gasteiger partial charge is 0.478 e. The second-order valence-corrected chi connectivity index (χ2v) is 4.55. The molecule has 0 aromatic heterocycles. The van der Waals surface area contributed by atoms with Gasteiger partial charge in [0, 0.05) is 30.9 Å². The van der Waals surface area contributed by atoms with Crippen molar-refractivity contribution < 1.29 is 19.4 Å². The van der Waals surface area contributed by atoms with Crippen LogP contribution >= 0.6 is 15.9 Å². The molecule has 18 heavy (non-hydrogen) atoms. The van der Waals surface area contributed by atoms with Crippen molar-refractivity contribution in [3.63, 3.8) is 0 Å². The number of anilines is 1. The molecule has 100 valence electrons. The molecule has 0 aliphatic carbocycles. The predicted molar refractivity (Wildman–Crippen MR) is 72.3 cm³/mol. The summed E-state index contributed by atoms with van der Waals surface area (Å²) in [5.41, 5.74) is 1.06. The van der Waals surface area contributed by atoms with E-state index >= 15 is 0 Å². The van der Waals surface area contributed by atoms with Crippen LogP contribution in [-0.2, 0) is 9.47 Å². The Morgan fingerprint density at radius 3 is 2.72 bits per heavy atom. The molecule has 0 aliphatic heterocycles. The van der Waals surface area contributed by atoms with Gasteiger partial charge in [0.15, 0.2) is 0 Å². The molecule has 0 heterocycles. The van der Waals surface area contributed by atoms with Gasteiger partial charge in [-0.15, -0.1) is 0 Å². The fraction of sp³-hybridized carbons (Fsp3) is 0.417. The number of halogens is 1. The number of carbonyl (C=O) groups is 1. The van der Waals surface area contributed by atoms with Crippen molar-refractivity contribution in [2.75, 3.05) is 32.7 Å². The standard InChI is InChI=1S/C12H16BrNO4/c1-17-7-9(18-2)6-14-11-4-3-8(12(15)16)5-10(11)13/h3-5,9,14H,6-7H2,1-2H3,(H,15,16). The van der Waals surface area contributed by atoms with Crippen LogP contribution in [0.1, 0.15) is 10.4 Å². The first-order valence-electron chi connectivity index (χ1n) is 5.37. The van der Waals surface area contributed by atoms with E-state index in [0.717, 1.165) is 5.69 Å². The van der Waals surface area contributed by atoms with Crippen molar-refractivity contribution in [1.29, 1.82) is 0 Å². The Kier molecular flexibility index (Phi) is 6.11. The smallest absolute Gasteiger partial charge is 0.335 e. The molecule has 1 atom stereocenters. The third-order valence-corrected chi connectivity index (χ3v) is 3.08. The van der Waals surface area contributed by atoms with E-state index < -0.39 is 5.97 Å². The van der Waals surface area contributed by atoms with Gasteiger partial charge in [-0.1, -0.05) is 0 Å². The van der Waals surface area contributed by atoms with Gasteiger partial charge in [-0.05, 0) is 34.1 Å². The van der Waals surface area contributed by atoms with E-state index in [9.17, 15) is 4.79 Å². The molecule has 0 amide bonds. The minimum absolute atomic E-state index is 0.0546. The van der Waals surface area contributed by atoms with Gasteiger partial charge < -0.3 is 19.9 Å². The summed E-state index contributed by atoms with van der Waals surface area (Å²) < 4.78 is 10.9. The SMILES string of the molecule is COCC(CNc1ccc(C(=O)O)cc1Br)OC. The third kappa shape index (κ3) is 4.29. The average Bonchev–Trinajstić information content (AvgIpc) is 2.35. The van der Waals surface area contributed by atoms with E-state index in [1.807, 2.05) is 0 Å². The Hall–Kier alpha value is -1.11. The number of hydrogen-bond acceptors (Lipinski definition) is 4. The summed E-state index contributed by atoms with van der Waals surface area (Å²) in [6, 6.07) is 4.82. The van der Waals surface area contributed by atoms with Gasteiger partial charge in [-0.2, -0.15) is 0 Å². The molecule has 0 radical (unpaired) electrons. The molecule has 1 aromatic rings. The zero-order valence-electron chi connectivity index (χ0n) is 10.3. The van der Waals surface area contributed by atoms with Crippen molar-refractivity contribution in [3.05, 3.63) is 28.2 Å². The van der Waals surface area contributed by atoms with Gasteiger partial charge in [-0.3, -0.25) is 0 Å². The maximum atomic E-state index is 10.8. The molecule has 0 spiro atoms. The fourth-order valence-electron chi connectivity index (χ4n) is 1.41. The second-order valence-electron chi connectivity index (χ2n) is 3.69. The molecular formula is C12H16BrNO4. The average molecular weight is 318 g/mol. The molecule has 0 saturated carbocycles. The first kappa shape index (κ1) is 14.9. The highest BCUT2D eigenvalue weighted by atomic mass is 79.9. The lowest BCUT2D eigenvalue weighted by atomic mass is 10.2. The number of nitrogens with one attached hydrogen (secondary N) is 1. The van der Waals surface area contributed by atoms with Crippen LogP contribution in [-0.4, -0.2) is 44.6 Å². The molecule has 6 heteroatoms. The predicted octanol–water partition coefficient (Wildman–Crippen LogP) is 2.22. The Morgan fingerprint density at radius 1 is 1.50 bits per heavy atom. The van der Waals surface area contributed by atoms with Crippen molar-refractivity contribution in [3.8, 4) is 0 Å². The summed E-state index contributed by atoms with van der Waals surface area (Å²) in [6.45, 7) is 1.07. The van der Waals surface area contributed by atoms with Crippen LogP contribution in [0.25, 0.3) is 0 Å². The van der Waals surface area contributed by atoms with Crippen LogP contribution in [0.5, 0.6) is 0 Å². The lowest BCUT2D eigenvalue weighted by molar-refractivity contribution is 0.0365. The van der Waals surface area contributed by atoms with Gasteiger partial charge in [0.1, 0.15) is 0 Å².